The van der Waals surface area contributed by atoms with Crippen LogP contribution in [0.1, 0.15) is 73.1 Å². The first kappa shape index (κ1) is 24.1. The van der Waals surface area contributed by atoms with Crippen LogP contribution in [0.2, 0.25) is 0 Å². The predicted octanol–water partition coefficient (Wildman–Crippen LogP) is 3.60. The van der Waals surface area contributed by atoms with Gasteiger partial charge in [-0.3, -0.25) is 9.59 Å². The molecule has 196 valence electrons. The Morgan fingerprint density at radius 1 is 1.14 bits per heavy atom. The molecular formula is C27H40O8. The lowest BCUT2D eigenvalue weighted by atomic mass is 9.40. The average molecular weight is 493 g/mol. The Bertz CT molecular complexity index is 874. The molecule has 12 unspecified atom stereocenters. The van der Waals surface area contributed by atoms with E-state index in [1.165, 1.54) is 6.92 Å². The highest BCUT2D eigenvalue weighted by molar-refractivity contribution is 5.72. The van der Waals surface area contributed by atoms with Gasteiger partial charge in [0.2, 0.25) is 6.29 Å². The van der Waals surface area contributed by atoms with Crippen molar-refractivity contribution in [2.75, 3.05) is 13.2 Å². The minimum Gasteiger partial charge on any atom is -0.462 e. The van der Waals surface area contributed by atoms with Crippen molar-refractivity contribution in [2.45, 2.75) is 110 Å². The van der Waals surface area contributed by atoms with Crippen LogP contribution in [0.15, 0.2) is 0 Å². The Morgan fingerprint density at radius 2 is 1.91 bits per heavy atom. The van der Waals surface area contributed by atoms with Crippen molar-refractivity contribution in [3.05, 3.63) is 0 Å². The van der Waals surface area contributed by atoms with Crippen molar-refractivity contribution >= 4 is 11.9 Å². The molecule has 2 saturated carbocycles. The molecule has 35 heavy (non-hydrogen) atoms. The number of epoxide rings is 1. The van der Waals surface area contributed by atoms with Crippen molar-refractivity contribution in [3.63, 3.8) is 0 Å². The molecule has 0 aromatic carbocycles. The van der Waals surface area contributed by atoms with Crippen LogP contribution in [0.4, 0.5) is 0 Å². The smallest absolute Gasteiger partial charge is 0.310 e. The van der Waals surface area contributed by atoms with Crippen LogP contribution in [0, 0.1) is 34.5 Å². The van der Waals surface area contributed by atoms with Gasteiger partial charge in [0.05, 0.1) is 31.3 Å². The highest BCUT2D eigenvalue weighted by Gasteiger charge is 2.83. The van der Waals surface area contributed by atoms with Crippen LogP contribution in [-0.4, -0.2) is 61.6 Å². The largest absolute Gasteiger partial charge is 0.462 e. The van der Waals surface area contributed by atoms with Crippen LogP contribution >= 0.6 is 0 Å². The summed E-state index contributed by atoms with van der Waals surface area (Å²) in [5, 5.41) is 0. The molecule has 7 rings (SSSR count). The van der Waals surface area contributed by atoms with Crippen molar-refractivity contribution in [2.24, 2.45) is 34.5 Å². The number of rotatable bonds is 5. The highest BCUT2D eigenvalue weighted by Crippen LogP contribution is 2.74. The number of ether oxygens (including phenoxy) is 6. The molecule has 0 aromatic rings. The molecule has 5 aliphatic heterocycles. The van der Waals surface area contributed by atoms with E-state index in [1.54, 1.807) is 0 Å². The summed E-state index contributed by atoms with van der Waals surface area (Å²) in [5.41, 5.74) is -1.50. The van der Waals surface area contributed by atoms with Gasteiger partial charge in [0, 0.05) is 24.7 Å². The van der Waals surface area contributed by atoms with E-state index < -0.39 is 23.4 Å². The third-order valence-corrected chi connectivity index (χ3v) is 10.7. The molecule has 12 atom stereocenters. The Morgan fingerprint density at radius 3 is 2.57 bits per heavy atom. The molecule has 0 radical (unpaired) electrons. The molecule has 2 aliphatic carbocycles. The van der Waals surface area contributed by atoms with Crippen LogP contribution in [0.25, 0.3) is 0 Å². The zero-order valence-electron chi connectivity index (χ0n) is 21.6. The van der Waals surface area contributed by atoms with Crippen LogP contribution in [0.3, 0.4) is 0 Å². The monoisotopic (exact) mass is 492 g/mol. The molecule has 7 fully saturated rings. The van der Waals surface area contributed by atoms with Gasteiger partial charge in [0.15, 0.2) is 6.29 Å². The molecule has 2 spiro atoms. The maximum Gasteiger partial charge on any atom is 0.310 e. The molecule has 5 saturated heterocycles. The maximum atomic E-state index is 13.1. The summed E-state index contributed by atoms with van der Waals surface area (Å²) in [6, 6.07) is 0. The second-order valence-corrected chi connectivity index (χ2v) is 12.3. The second-order valence-electron chi connectivity index (χ2n) is 12.3. The van der Waals surface area contributed by atoms with E-state index in [0.717, 1.165) is 32.3 Å². The molecule has 8 heteroatoms. The molecular weight excluding hydrogens is 452 g/mol. The number of fused-ring (bicyclic) bond motifs is 2. The number of esters is 2. The van der Waals surface area contributed by atoms with E-state index >= 15 is 0 Å². The third kappa shape index (κ3) is 3.25. The second kappa shape index (κ2) is 8.14. The normalized spacial score (nSPS) is 52.6. The van der Waals surface area contributed by atoms with Crippen molar-refractivity contribution in [1.29, 1.82) is 0 Å². The summed E-state index contributed by atoms with van der Waals surface area (Å²) in [5.74, 6) is -0.122. The molecule has 0 N–H and O–H groups in total. The lowest BCUT2D eigenvalue weighted by Crippen LogP contribution is -2.77. The van der Waals surface area contributed by atoms with Crippen molar-refractivity contribution in [1.82, 2.24) is 0 Å². The van der Waals surface area contributed by atoms with Gasteiger partial charge in [-0.25, -0.2) is 0 Å². The SMILES string of the molecule is CCC(C)C(=O)OC1OC2CC3C(C)(C4CC5CCOC5O4)C(C)CC(OC(C)=O)C13C1(CO1)C2. The summed E-state index contributed by atoms with van der Waals surface area (Å²) in [7, 11) is 0. The molecule has 0 aromatic heterocycles. The van der Waals surface area contributed by atoms with E-state index in [4.69, 9.17) is 28.4 Å². The van der Waals surface area contributed by atoms with Crippen LogP contribution < -0.4 is 0 Å². The highest BCUT2D eigenvalue weighted by atomic mass is 16.7. The summed E-state index contributed by atoms with van der Waals surface area (Å²) in [6.07, 6.45) is 3.45. The Balaban J connectivity index is 1.44. The van der Waals surface area contributed by atoms with E-state index in [9.17, 15) is 9.59 Å². The van der Waals surface area contributed by atoms with Gasteiger partial charge in [0.1, 0.15) is 17.1 Å². The van der Waals surface area contributed by atoms with E-state index in [1.807, 2.05) is 13.8 Å². The maximum absolute atomic E-state index is 13.1. The van der Waals surface area contributed by atoms with Crippen molar-refractivity contribution < 1.29 is 38.0 Å². The third-order valence-electron chi connectivity index (χ3n) is 10.7. The Hall–Kier alpha value is -1.22. The van der Waals surface area contributed by atoms with E-state index in [0.29, 0.717) is 25.4 Å². The minimum absolute atomic E-state index is 0.0222. The molecule has 8 nitrogen and oxygen atoms in total. The lowest BCUT2D eigenvalue weighted by Gasteiger charge is -2.69. The molecule has 7 aliphatic rings. The molecule has 5 heterocycles. The number of carbonyl (C=O) groups excluding carboxylic acids is 2. The summed E-state index contributed by atoms with van der Waals surface area (Å²) >= 11 is 0. The first-order valence-corrected chi connectivity index (χ1v) is 13.6. The number of hydrogen-bond donors (Lipinski definition) is 0. The quantitative estimate of drug-likeness (QED) is 0.425. The van der Waals surface area contributed by atoms with Gasteiger partial charge in [-0.15, -0.1) is 0 Å². The van der Waals surface area contributed by atoms with Gasteiger partial charge in [-0.1, -0.05) is 27.7 Å². The fourth-order valence-corrected chi connectivity index (χ4v) is 8.46. The van der Waals surface area contributed by atoms with Gasteiger partial charge < -0.3 is 28.4 Å². The van der Waals surface area contributed by atoms with Crippen LogP contribution in [0.5, 0.6) is 0 Å². The zero-order chi connectivity index (χ0) is 24.8. The zero-order valence-corrected chi connectivity index (χ0v) is 21.6. The van der Waals surface area contributed by atoms with Gasteiger partial charge in [-0.2, -0.15) is 0 Å². The predicted molar refractivity (Wildman–Crippen MR) is 123 cm³/mol. The topological polar surface area (TPSA) is 92.8 Å². The average Bonchev–Trinajstić information content (AvgIpc) is 3.23. The van der Waals surface area contributed by atoms with Gasteiger partial charge >= 0.3 is 11.9 Å². The summed E-state index contributed by atoms with van der Waals surface area (Å²) in [4.78, 5) is 25.4. The van der Waals surface area contributed by atoms with Crippen LogP contribution in [-0.2, 0) is 38.0 Å². The van der Waals surface area contributed by atoms with Gasteiger partial charge in [-0.05, 0) is 43.9 Å². The standard InChI is InChI=1S/C27H40O8/c1-6-14(2)22(29)35-24-27-19(11-18(33-24)12-26(27)13-31-26)25(5,15(3)9-21(27)32-16(4)28)20-10-17-7-8-30-23(17)34-20/h14-15,17-21,23-24H,6-13H2,1-5H3. The first-order valence-electron chi connectivity index (χ1n) is 13.6. The number of carbonyl (C=O) groups is 2. The van der Waals surface area contributed by atoms with E-state index in [2.05, 4.69) is 13.8 Å². The van der Waals surface area contributed by atoms with Gasteiger partial charge in [0.25, 0.3) is 0 Å². The Labute approximate surface area is 207 Å². The van der Waals surface area contributed by atoms with Crippen molar-refractivity contribution in [3.8, 4) is 0 Å². The lowest BCUT2D eigenvalue weighted by molar-refractivity contribution is -0.376. The Kier molecular flexibility index (Phi) is 5.61. The number of hydrogen-bond acceptors (Lipinski definition) is 8. The fraction of sp³-hybridized carbons (Fsp3) is 0.926. The fourth-order valence-electron chi connectivity index (χ4n) is 8.46. The summed E-state index contributed by atoms with van der Waals surface area (Å²) < 4.78 is 37.6. The molecule has 0 amide bonds. The minimum atomic E-state index is -0.808. The summed E-state index contributed by atoms with van der Waals surface area (Å²) in [6.45, 7) is 11.2. The first-order chi connectivity index (χ1) is 16.7. The molecule has 2 bridgehead atoms. The van der Waals surface area contributed by atoms with E-state index in [-0.39, 0.29) is 53.6 Å².